The number of carboxylic acid groups (broad SMARTS) is 1. The van der Waals surface area contributed by atoms with Gasteiger partial charge in [-0.3, -0.25) is 4.79 Å². The molecule has 5 nitrogen and oxygen atoms in total. The van der Waals surface area contributed by atoms with Crippen molar-refractivity contribution < 1.29 is 19.4 Å². The number of carboxylic acids is 1. The first-order valence-corrected chi connectivity index (χ1v) is 8.05. The van der Waals surface area contributed by atoms with Gasteiger partial charge in [-0.25, -0.2) is 4.79 Å². The maximum absolute atomic E-state index is 12.2. The van der Waals surface area contributed by atoms with Gasteiger partial charge in [-0.2, -0.15) is 0 Å². The van der Waals surface area contributed by atoms with Gasteiger partial charge in [0.15, 0.2) is 0 Å². The molecule has 8 heteroatoms. The van der Waals surface area contributed by atoms with Crippen molar-refractivity contribution in [1.82, 2.24) is 0 Å². The second-order valence-electron chi connectivity index (χ2n) is 3.92. The van der Waals surface area contributed by atoms with Gasteiger partial charge < -0.3 is 15.2 Å². The number of carbonyl (C=O) groups excluding carboxylic acids is 1. The summed E-state index contributed by atoms with van der Waals surface area (Å²) in [6.07, 6.45) is 0. The number of hydrogen-bond donors (Lipinski definition) is 2. The van der Waals surface area contributed by atoms with Crippen molar-refractivity contribution in [1.29, 1.82) is 0 Å². The Kier molecular flexibility index (Phi) is 5.02. The van der Waals surface area contributed by atoms with Crippen LogP contribution in [0.25, 0.3) is 0 Å². The monoisotopic (exact) mass is 433 g/mol. The zero-order valence-electron chi connectivity index (χ0n) is 10.6. The molecule has 0 radical (unpaired) electrons. The molecule has 2 N–H and O–H groups in total. The van der Waals surface area contributed by atoms with Gasteiger partial charge in [0.2, 0.25) is 0 Å². The molecule has 1 aromatic heterocycles. The molecule has 110 valence electrons. The summed E-state index contributed by atoms with van der Waals surface area (Å²) < 4.78 is 6.09. The Balaban J connectivity index is 2.34. The van der Waals surface area contributed by atoms with Gasteiger partial charge in [0, 0.05) is 20.4 Å². The van der Waals surface area contributed by atoms with Crippen LogP contribution in [0.2, 0.25) is 0 Å². The Morgan fingerprint density at radius 3 is 2.57 bits per heavy atom. The summed E-state index contributed by atoms with van der Waals surface area (Å²) in [4.78, 5) is 23.9. The number of nitrogens with one attached hydrogen (secondary N) is 1. The molecule has 0 aliphatic carbocycles. The molecule has 0 aliphatic heterocycles. The summed E-state index contributed by atoms with van der Waals surface area (Å²) in [5, 5.41) is 13.5. The van der Waals surface area contributed by atoms with Crippen LogP contribution in [-0.2, 0) is 0 Å². The van der Waals surface area contributed by atoms with Crippen molar-refractivity contribution in [3.05, 3.63) is 43.0 Å². The molecule has 0 atom stereocenters. The van der Waals surface area contributed by atoms with Gasteiger partial charge in [-0.05, 0) is 28.1 Å². The van der Waals surface area contributed by atoms with E-state index in [1.54, 1.807) is 17.5 Å². The van der Waals surface area contributed by atoms with E-state index in [2.05, 4.69) is 37.2 Å². The molecule has 0 saturated carbocycles. The zero-order valence-corrected chi connectivity index (χ0v) is 14.6. The molecule has 1 aromatic carbocycles. The summed E-state index contributed by atoms with van der Waals surface area (Å²) in [5.74, 6) is -0.941. The van der Waals surface area contributed by atoms with Crippen molar-refractivity contribution >= 4 is 60.8 Å². The van der Waals surface area contributed by atoms with E-state index in [1.165, 1.54) is 24.5 Å². The van der Waals surface area contributed by atoms with Gasteiger partial charge in [0.1, 0.15) is 5.75 Å². The minimum absolute atomic E-state index is 0.00637. The first-order valence-electron chi connectivity index (χ1n) is 5.58. The SMILES string of the molecule is COc1csc(C(=O)Nc2c(Br)cc(Br)cc2C(=O)O)c1. The number of amides is 1. The van der Waals surface area contributed by atoms with Crippen LogP contribution in [0.1, 0.15) is 20.0 Å². The third-order valence-corrected chi connectivity index (χ3v) is 4.55. The Labute approximate surface area is 141 Å². The summed E-state index contributed by atoms with van der Waals surface area (Å²) in [6.45, 7) is 0. The lowest BCUT2D eigenvalue weighted by Crippen LogP contribution is -2.14. The lowest BCUT2D eigenvalue weighted by atomic mass is 10.2. The fourth-order valence-corrected chi connectivity index (χ4v) is 3.66. The fourth-order valence-electron chi connectivity index (χ4n) is 1.59. The van der Waals surface area contributed by atoms with E-state index in [0.717, 1.165) is 0 Å². The highest BCUT2D eigenvalue weighted by atomic mass is 79.9. The Hall–Kier alpha value is -1.38. The number of thiophene rings is 1. The number of aromatic carboxylic acids is 1. The average molecular weight is 435 g/mol. The number of methoxy groups -OCH3 is 1. The normalized spacial score (nSPS) is 10.2. The number of rotatable bonds is 4. The van der Waals surface area contributed by atoms with E-state index in [1.807, 2.05) is 0 Å². The first-order chi connectivity index (χ1) is 9.92. The lowest BCUT2D eigenvalue weighted by molar-refractivity contribution is 0.0698. The maximum Gasteiger partial charge on any atom is 0.337 e. The molecule has 0 aliphatic rings. The molecule has 0 unspecified atom stereocenters. The van der Waals surface area contributed by atoms with Crippen LogP contribution < -0.4 is 10.1 Å². The van der Waals surface area contributed by atoms with Gasteiger partial charge in [0.05, 0.1) is 23.2 Å². The lowest BCUT2D eigenvalue weighted by Gasteiger charge is -2.10. The number of ether oxygens (including phenoxy) is 1. The molecule has 0 bridgehead atoms. The molecule has 2 rings (SSSR count). The highest BCUT2D eigenvalue weighted by Gasteiger charge is 2.18. The summed E-state index contributed by atoms with van der Waals surface area (Å²) >= 11 is 7.69. The van der Waals surface area contributed by atoms with Gasteiger partial charge in [0.25, 0.3) is 5.91 Å². The average Bonchev–Trinajstić information content (AvgIpc) is 2.90. The minimum atomic E-state index is -1.13. The third-order valence-electron chi connectivity index (χ3n) is 2.56. The number of anilines is 1. The Bertz CT molecular complexity index is 714. The predicted octanol–water partition coefficient (Wildman–Crippen LogP) is 4.23. The van der Waals surface area contributed by atoms with Crippen molar-refractivity contribution in [2.45, 2.75) is 0 Å². The maximum atomic E-state index is 12.2. The number of halogens is 2. The van der Waals surface area contributed by atoms with Crippen LogP contribution in [0.3, 0.4) is 0 Å². The predicted molar refractivity (Wildman–Crippen MR) is 87.6 cm³/mol. The van der Waals surface area contributed by atoms with Crippen molar-refractivity contribution in [3.63, 3.8) is 0 Å². The van der Waals surface area contributed by atoms with E-state index in [4.69, 9.17) is 4.74 Å². The molecule has 1 amide bonds. The van der Waals surface area contributed by atoms with E-state index in [0.29, 0.717) is 19.6 Å². The second-order valence-corrected chi connectivity index (χ2v) is 6.60. The molecule has 1 heterocycles. The van der Waals surface area contributed by atoms with Gasteiger partial charge in [-0.1, -0.05) is 15.9 Å². The Morgan fingerprint density at radius 1 is 1.29 bits per heavy atom. The van der Waals surface area contributed by atoms with Gasteiger partial charge >= 0.3 is 5.97 Å². The van der Waals surface area contributed by atoms with Crippen molar-refractivity contribution in [3.8, 4) is 5.75 Å². The van der Waals surface area contributed by atoms with Crippen LogP contribution in [0.5, 0.6) is 5.75 Å². The van der Waals surface area contributed by atoms with E-state index in [-0.39, 0.29) is 11.3 Å². The zero-order chi connectivity index (χ0) is 15.6. The number of hydrogen-bond acceptors (Lipinski definition) is 4. The van der Waals surface area contributed by atoms with Gasteiger partial charge in [-0.15, -0.1) is 11.3 Å². The standard InChI is InChI=1S/C13H9Br2NO4S/c1-20-7-4-10(21-5-7)12(17)16-11-8(13(18)19)2-6(14)3-9(11)15/h2-5H,1H3,(H,16,17)(H,18,19). The molecule has 0 fully saturated rings. The molecule has 0 saturated heterocycles. The van der Waals surface area contributed by atoms with Crippen LogP contribution in [0, 0.1) is 0 Å². The van der Waals surface area contributed by atoms with Crippen LogP contribution in [0.4, 0.5) is 5.69 Å². The summed E-state index contributed by atoms with van der Waals surface area (Å²) in [7, 11) is 1.51. The highest BCUT2D eigenvalue weighted by Crippen LogP contribution is 2.32. The molecule has 21 heavy (non-hydrogen) atoms. The van der Waals surface area contributed by atoms with E-state index >= 15 is 0 Å². The second kappa shape index (κ2) is 6.59. The number of benzene rings is 1. The molecular weight excluding hydrogens is 426 g/mol. The van der Waals surface area contributed by atoms with Crippen molar-refractivity contribution in [2.75, 3.05) is 12.4 Å². The molecular formula is C13H9Br2NO4S. The Morgan fingerprint density at radius 2 is 2.00 bits per heavy atom. The van der Waals surface area contributed by atoms with E-state index < -0.39 is 11.9 Å². The van der Waals surface area contributed by atoms with E-state index in [9.17, 15) is 14.7 Å². The molecule has 0 spiro atoms. The van der Waals surface area contributed by atoms with Crippen LogP contribution in [0.15, 0.2) is 32.5 Å². The summed E-state index contributed by atoms with van der Waals surface area (Å²) in [5.41, 5.74) is 0.205. The highest BCUT2D eigenvalue weighted by molar-refractivity contribution is 9.11. The summed E-state index contributed by atoms with van der Waals surface area (Å²) in [6, 6.07) is 4.68. The van der Waals surface area contributed by atoms with Crippen LogP contribution >= 0.6 is 43.2 Å². The first kappa shape index (κ1) is 16.0. The van der Waals surface area contributed by atoms with Crippen LogP contribution in [-0.4, -0.2) is 24.1 Å². The third kappa shape index (κ3) is 3.63. The number of carbonyl (C=O) groups is 2. The largest absolute Gasteiger partial charge is 0.496 e. The molecule has 2 aromatic rings. The fraction of sp³-hybridized carbons (Fsp3) is 0.0769. The van der Waals surface area contributed by atoms with Crippen molar-refractivity contribution in [2.24, 2.45) is 0 Å². The quantitative estimate of drug-likeness (QED) is 0.754. The minimum Gasteiger partial charge on any atom is -0.496 e. The smallest absolute Gasteiger partial charge is 0.337 e. The topological polar surface area (TPSA) is 75.6 Å².